The number of anilines is 1. The fraction of sp³-hybridized carbons (Fsp3) is 0.615. The Morgan fingerprint density at radius 2 is 2.06 bits per heavy atom. The van der Waals surface area contributed by atoms with Crippen LogP contribution in [0.3, 0.4) is 0 Å². The highest BCUT2D eigenvalue weighted by Crippen LogP contribution is 2.25. The number of aryl methyl sites for hydroxylation is 1. The van der Waals surface area contributed by atoms with E-state index in [9.17, 15) is 0 Å². The zero-order valence-electron chi connectivity index (χ0n) is 9.91. The molecule has 0 atom stereocenters. The highest BCUT2D eigenvalue weighted by Gasteiger charge is 2.14. The van der Waals surface area contributed by atoms with Crippen LogP contribution in [-0.4, -0.2) is 11.6 Å². The number of nitrogen functional groups attached to an aromatic ring is 1. The molecule has 1 aromatic rings. The molecule has 0 amide bonds. The monoisotopic (exact) mass is 220 g/mol. The van der Waals surface area contributed by atoms with Crippen molar-refractivity contribution in [2.45, 2.75) is 39.0 Å². The van der Waals surface area contributed by atoms with Crippen molar-refractivity contribution in [3.05, 3.63) is 17.8 Å². The second kappa shape index (κ2) is 5.19. The summed E-state index contributed by atoms with van der Waals surface area (Å²) in [5, 5.41) is 0. The van der Waals surface area contributed by atoms with Gasteiger partial charge < -0.3 is 10.5 Å². The van der Waals surface area contributed by atoms with Gasteiger partial charge in [-0.25, -0.2) is 4.98 Å². The lowest BCUT2D eigenvalue weighted by Crippen LogP contribution is -2.15. The summed E-state index contributed by atoms with van der Waals surface area (Å²) in [7, 11) is 0. The molecule has 0 aliphatic heterocycles. The molecular formula is C13H20N2O. The van der Waals surface area contributed by atoms with Gasteiger partial charge in [-0.3, -0.25) is 0 Å². The molecule has 0 aromatic carbocycles. The summed E-state index contributed by atoms with van der Waals surface area (Å²) in [6.07, 6.45) is 6.71. The van der Waals surface area contributed by atoms with Crippen LogP contribution < -0.4 is 10.5 Å². The molecule has 1 saturated carbocycles. The highest BCUT2D eigenvalue weighted by atomic mass is 16.5. The fourth-order valence-corrected chi connectivity index (χ4v) is 2.28. The molecule has 2 N–H and O–H groups in total. The fourth-order valence-electron chi connectivity index (χ4n) is 2.28. The topological polar surface area (TPSA) is 48.1 Å². The molecule has 1 heterocycles. The average Bonchev–Trinajstić information content (AvgIpc) is 2.29. The number of rotatable bonds is 3. The Kier molecular flexibility index (Phi) is 3.65. The minimum Gasteiger partial charge on any atom is -0.491 e. The van der Waals surface area contributed by atoms with Crippen molar-refractivity contribution >= 4 is 5.82 Å². The normalized spacial score (nSPS) is 17.3. The Morgan fingerprint density at radius 3 is 2.75 bits per heavy atom. The van der Waals surface area contributed by atoms with E-state index < -0.39 is 0 Å². The largest absolute Gasteiger partial charge is 0.491 e. The smallest absolute Gasteiger partial charge is 0.140 e. The number of nitrogens with zero attached hydrogens (tertiary/aromatic N) is 1. The maximum atomic E-state index is 5.81. The van der Waals surface area contributed by atoms with Crippen LogP contribution in [0.2, 0.25) is 0 Å². The van der Waals surface area contributed by atoms with E-state index in [0.717, 1.165) is 24.0 Å². The molecule has 0 spiro atoms. The van der Waals surface area contributed by atoms with E-state index in [1.165, 1.54) is 32.1 Å². The van der Waals surface area contributed by atoms with E-state index in [1.807, 2.05) is 13.0 Å². The van der Waals surface area contributed by atoms with E-state index >= 15 is 0 Å². The lowest BCUT2D eigenvalue weighted by Gasteiger charge is -2.22. The minimum absolute atomic E-state index is 0.558. The van der Waals surface area contributed by atoms with Crippen molar-refractivity contribution in [1.82, 2.24) is 4.98 Å². The third-order valence-corrected chi connectivity index (χ3v) is 3.26. The first-order valence-corrected chi connectivity index (χ1v) is 6.11. The molecule has 1 aliphatic carbocycles. The molecule has 3 heteroatoms. The van der Waals surface area contributed by atoms with Gasteiger partial charge in [-0.15, -0.1) is 0 Å². The summed E-state index contributed by atoms with van der Waals surface area (Å²) >= 11 is 0. The van der Waals surface area contributed by atoms with Crippen molar-refractivity contribution in [3.63, 3.8) is 0 Å². The maximum absolute atomic E-state index is 5.81. The van der Waals surface area contributed by atoms with Crippen LogP contribution in [0, 0.1) is 12.8 Å². The van der Waals surface area contributed by atoms with Gasteiger partial charge in [0.15, 0.2) is 0 Å². The first-order chi connectivity index (χ1) is 7.75. The quantitative estimate of drug-likeness (QED) is 0.852. The van der Waals surface area contributed by atoms with Crippen LogP contribution in [0.4, 0.5) is 5.82 Å². The Hall–Kier alpha value is -1.25. The van der Waals surface area contributed by atoms with Crippen LogP contribution in [0.15, 0.2) is 12.1 Å². The Morgan fingerprint density at radius 1 is 1.31 bits per heavy atom. The molecule has 2 rings (SSSR count). The standard InChI is InChI=1S/C13H20N2O/c1-10-12(7-8-13(14)15-10)16-9-11-5-3-2-4-6-11/h7-8,11H,2-6,9H2,1H3,(H2,14,15). The van der Waals surface area contributed by atoms with E-state index in [-0.39, 0.29) is 0 Å². The maximum Gasteiger partial charge on any atom is 0.140 e. The summed E-state index contributed by atoms with van der Waals surface area (Å²) in [5.74, 6) is 2.16. The molecule has 0 bridgehead atoms. The van der Waals surface area contributed by atoms with Crippen LogP contribution in [-0.2, 0) is 0 Å². The lowest BCUT2D eigenvalue weighted by atomic mass is 9.90. The van der Waals surface area contributed by atoms with Crippen LogP contribution >= 0.6 is 0 Å². The SMILES string of the molecule is Cc1nc(N)ccc1OCC1CCCCC1. The van der Waals surface area contributed by atoms with E-state index in [0.29, 0.717) is 5.82 Å². The number of hydrogen-bond acceptors (Lipinski definition) is 3. The van der Waals surface area contributed by atoms with Crippen LogP contribution in [0.1, 0.15) is 37.8 Å². The summed E-state index contributed by atoms with van der Waals surface area (Å²) in [6.45, 7) is 2.76. The Balaban J connectivity index is 1.88. The third-order valence-electron chi connectivity index (χ3n) is 3.26. The van der Waals surface area contributed by atoms with Crippen LogP contribution in [0.25, 0.3) is 0 Å². The molecule has 0 radical (unpaired) electrons. The van der Waals surface area contributed by atoms with Gasteiger partial charge >= 0.3 is 0 Å². The number of hydrogen-bond donors (Lipinski definition) is 1. The predicted octanol–water partition coefficient (Wildman–Crippen LogP) is 2.93. The van der Waals surface area contributed by atoms with Gasteiger partial charge in [0.25, 0.3) is 0 Å². The van der Waals surface area contributed by atoms with Gasteiger partial charge in [-0.2, -0.15) is 0 Å². The van der Waals surface area contributed by atoms with Gasteiger partial charge in [0.2, 0.25) is 0 Å². The molecule has 1 aromatic heterocycles. The summed E-state index contributed by atoms with van der Waals surface area (Å²) in [4.78, 5) is 4.19. The zero-order chi connectivity index (χ0) is 11.4. The molecule has 1 fully saturated rings. The Bertz CT molecular complexity index is 346. The zero-order valence-corrected chi connectivity index (χ0v) is 9.91. The van der Waals surface area contributed by atoms with Crippen LogP contribution in [0.5, 0.6) is 5.75 Å². The summed E-state index contributed by atoms with van der Waals surface area (Å²) in [6, 6.07) is 3.71. The number of ether oxygens (including phenoxy) is 1. The van der Waals surface area contributed by atoms with Crippen molar-refractivity contribution in [2.75, 3.05) is 12.3 Å². The molecule has 88 valence electrons. The number of nitrogens with two attached hydrogens (primary N) is 1. The second-order valence-electron chi connectivity index (χ2n) is 4.63. The van der Waals surface area contributed by atoms with Gasteiger partial charge in [-0.1, -0.05) is 19.3 Å². The van der Waals surface area contributed by atoms with E-state index in [2.05, 4.69) is 4.98 Å². The lowest BCUT2D eigenvalue weighted by molar-refractivity contribution is 0.207. The third kappa shape index (κ3) is 2.87. The van der Waals surface area contributed by atoms with Crippen molar-refractivity contribution in [3.8, 4) is 5.75 Å². The van der Waals surface area contributed by atoms with E-state index in [1.54, 1.807) is 6.07 Å². The van der Waals surface area contributed by atoms with Gasteiger partial charge in [0, 0.05) is 0 Å². The van der Waals surface area contributed by atoms with Gasteiger partial charge in [0.05, 0.1) is 12.3 Å². The Labute approximate surface area is 97.0 Å². The van der Waals surface area contributed by atoms with Crippen molar-refractivity contribution < 1.29 is 4.74 Å². The second-order valence-corrected chi connectivity index (χ2v) is 4.63. The van der Waals surface area contributed by atoms with Gasteiger partial charge in [0.1, 0.15) is 11.6 Å². The first-order valence-electron chi connectivity index (χ1n) is 6.11. The minimum atomic E-state index is 0.558. The van der Waals surface area contributed by atoms with Crippen molar-refractivity contribution in [1.29, 1.82) is 0 Å². The first kappa shape index (κ1) is 11.2. The molecule has 1 aliphatic rings. The molecule has 0 unspecified atom stereocenters. The van der Waals surface area contributed by atoms with Gasteiger partial charge in [-0.05, 0) is 37.8 Å². The molecular weight excluding hydrogens is 200 g/mol. The summed E-state index contributed by atoms with van der Waals surface area (Å²) < 4.78 is 5.81. The average molecular weight is 220 g/mol. The number of pyridine rings is 1. The molecule has 16 heavy (non-hydrogen) atoms. The molecule has 0 saturated heterocycles. The highest BCUT2D eigenvalue weighted by molar-refractivity contribution is 5.37. The summed E-state index contributed by atoms with van der Waals surface area (Å²) in [5.41, 5.74) is 6.48. The molecule has 3 nitrogen and oxygen atoms in total. The van der Waals surface area contributed by atoms with Crippen molar-refractivity contribution in [2.24, 2.45) is 5.92 Å². The number of aromatic nitrogens is 1. The predicted molar refractivity (Wildman–Crippen MR) is 65.5 cm³/mol. The van der Waals surface area contributed by atoms with E-state index in [4.69, 9.17) is 10.5 Å².